The Balaban J connectivity index is 1.36. The molecule has 5 aromatic rings. The van der Waals surface area contributed by atoms with E-state index in [4.69, 9.17) is 37.7 Å². The topological polar surface area (TPSA) is 94.5 Å². The summed E-state index contributed by atoms with van der Waals surface area (Å²) in [5.74, 6) is 0.411. The molecular formula is C37H34Cl2N4O4. The Bertz CT molecular complexity index is 1880. The molecule has 10 heteroatoms. The maximum atomic E-state index is 12.0. The van der Waals surface area contributed by atoms with Crippen LogP contribution in [0.2, 0.25) is 10.0 Å². The van der Waals surface area contributed by atoms with E-state index >= 15 is 0 Å². The lowest BCUT2D eigenvalue weighted by Gasteiger charge is -2.10. The molecule has 0 radical (unpaired) electrons. The molecule has 240 valence electrons. The van der Waals surface area contributed by atoms with E-state index in [2.05, 4.69) is 15.2 Å². The summed E-state index contributed by atoms with van der Waals surface area (Å²) in [5.41, 5.74) is 7.00. The number of esters is 1. The first-order valence-electron chi connectivity index (χ1n) is 15.0. The number of anilines is 2. The quantitative estimate of drug-likeness (QED) is 0.136. The Labute approximate surface area is 284 Å². The Morgan fingerprint density at radius 3 is 2.36 bits per heavy atom. The van der Waals surface area contributed by atoms with Crippen molar-refractivity contribution in [2.24, 2.45) is 0 Å². The number of rotatable bonds is 11. The molecule has 47 heavy (non-hydrogen) atoms. The maximum absolute atomic E-state index is 12.0. The van der Waals surface area contributed by atoms with E-state index in [9.17, 15) is 9.59 Å². The first-order chi connectivity index (χ1) is 22.7. The molecule has 4 aromatic carbocycles. The van der Waals surface area contributed by atoms with E-state index in [0.29, 0.717) is 22.3 Å². The maximum Gasteiger partial charge on any atom is 0.411 e. The zero-order valence-corrected chi connectivity index (χ0v) is 27.7. The van der Waals surface area contributed by atoms with Crippen LogP contribution in [0, 0.1) is 0 Å². The summed E-state index contributed by atoms with van der Waals surface area (Å²) < 4.78 is 11.9. The fourth-order valence-corrected chi connectivity index (χ4v) is 5.29. The van der Waals surface area contributed by atoms with E-state index in [0.717, 1.165) is 45.0 Å². The zero-order chi connectivity index (χ0) is 33.3. The predicted molar refractivity (Wildman–Crippen MR) is 190 cm³/mol. The van der Waals surface area contributed by atoms with Gasteiger partial charge in [0.25, 0.3) is 0 Å². The Hall–Kier alpha value is -5.05. The van der Waals surface area contributed by atoms with Gasteiger partial charge in [-0.15, -0.1) is 0 Å². The molecule has 0 fully saturated rings. The number of imidazole rings is 1. The molecule has 0 saturated heterocycles. The van der Waals surface area contributed by atoms with E-state index < -0.39 is 6.09 Å². The Morgan fingerprint density at radius 1 is 0.894 bits per heavy atom. The van der Waals surface area contributed by atoms with Crippen molar-refractivity contribution in [3.05, 3.63) is 124 Å². The fraction of sp³-hybridized carbons (Fsp3) is 0.162. The van der Waals surface area contributed by atoms with E-state index in [1.807, 2.05) is 111 Å². The number of aromatic nitrogens is 2. The number of carbonyl (C=O) groups excluding carboxylic acids is 2. The zero-order valence-electron chi connectivity index (χ0n) is 26.2. The normalized spacial score (nSPS) is 11.1. The van der Waals surface area contributed by atoms with Crippen LogP contribution < -0.4 is 10.6 Å². The van der Waals surface area contributed by atoms with Gasteiger partial charge in [-0.25, -0.2) is 9.78 Å². The third kappa shape index (κ3) is 9.25. The van der Waals surface area contributed by atoms with Crippen LogP contribution >= 0.6 is 23.2 Å². The lowest BCUT2D eigenvalue weighted by molar-refractivity contribution is -0.138. The highest BCUT2D eigenvalue weighted by Gasteiger charge is 2.13. The highest BCUT2D eigenvalue weighted by atomic mass is 35.5. The van der Waals surface area contributed by atoms with Gasteiger partial charge >= 0.3 is 12.1 Å². The number of amides is 1. The van der Waals surface area contributed by atoms with Gasteiger partial charge in [0.15, 0.2) is 0 Å². The standard InChI is InChI=1S/C37H34Cl2N4O4/c1-24(2)47-37(45)41-31-6-4-5-28(19-31)27-12-7-25(8-13-27)11-18-35-42-34(32-17-14-29(38)20-33(32)39)23-43(35)22-26-9-15-30(16-10-26)40-21-36(44)46-3/h4-20,23-24,40H,21-22H2,1-3H3,(H,41,45)/b18-11+. The molecule has 0 atom stereocenters. The molecule has 1 heterocycles. The molecule has 5 rings (SSSR count). The molecule has 8 nitrogen and oxygen atoms in total. The number of hydrogen-bond acceptors (Lipinski definition) is 6. The summed E-state index contributed by atoms with van der Waals surface area (Å²) in [5, 5.41) is 6.90. The summed E-state index contributed by atoms with van der Waals surface area (Å²) in [6, 6.07) is 29.0. The van der Waals surface area contributed by atoms with E-state index in [1.54, 1.807) is 12.1 Å². The monoisotopic (exact) mass is 668 g/mol. The van der Waals surface area contributed by atoms with Gasteiger partial charge in [0.2, 0.25) is 0 Å². The summed E-state index contributed by atoms with van der Waals surface area (Å²) in [4.78, 5) is 28.4. The number of halogens is 2. The average Bonchev–Trinajstić information content (AvgIpc) is 3.45. The third-order valence-corrected chi connectivity index (χ3v) is 7.65. The molecule has 0 aliphatic heterocycles. The molecule has 0 unspecified atom stereocenters. The predicted octanol–water partition coefficient (Wildman–Crippen LogP) is 9.28. The average molecular weight is 670 g/mol. The second kappa shape index (κ2) is 15.5. The van der Waals surface area contributed by atoms with E-state index in [1.165, 1.54) is 7.11 Å². The molecule has 1 aromatic heterocycles. The molecular weight excluding hydrogens is 635 g/mol. The van der Waals surface area contributed by atoms with E-state index in [-0.39, 0.29) is 18.6 Å². The van der Waals surface area contributed by atoms with Crippen molar-refractivity contribution < 1.29 is 19.1 Å². The molecule has 0 spiro atoms. The number of methoxy groups -OCH3 is 1. The van der Waals surface area contributed by atoms with Gasteiger partial charge in [-0.05, 0) is 84.6 Å². The van der Waals surface area contributed by atoms with Crippen LogP contribution in [0.1, 0.15) is 30.8 Å². The number of hydrogen-bond donors (Lipinski definition) is 2. The van der Waals surface area contributed by atoms with Crippen LogP contribution in [0.4, 0.5) is 16.2 Å². The van der Waals surface area contributed by atoms with Gasteiger partial charge in [-0.2, -0.15) is 0 Å². The number of ether oxygens (including phenoxy) is 2. The van der Waals surface area contributed by atoms with Gasteiger partial charge in [-0.1, -0.05) is 77.8 Å². The van der Waals surface area contributed by atoms with Crippen molar-refractivity contribution in [1.82, 2.24) is 9.55 Å². The lowest BCUT2D eigenvalue weighted by atomic mass is 10.0. The fourth-order valence-electron chi connectivity index (χ4n) is 4.78. The van der Waals surface area contributed by atoms with Gasteiger partial charge in [0.1, 0.15) is 12.4 Å². The molecule has 2 N–H and O–H groups in total. The molecule has 0 saturated carbocycles. The first-order valence-corrected chi connectivity index (χ1v) is 15.7. The Morgan fingerprint density at radius 2 is 1.66 bits per heavy atom. The number of benzene rings is 4. The van der Waals surface area contributed by atoms with Gasteiger partial charge in [-0.3, -0.25) is 10.1 Å². The van der Waals surface area contributed by atoms with Crippen molar-refractivity contribution in [3.8, 4) is 22.4 Å². The van der Waals surface area contributed by atoms with Crippen LogP contribution in [-0.2, 0) is 20.8 Å². The minimum absolute atomic E-state index is 0.0942. The van der Waals surface area contributed by atoms with Crippen molar-refractivity contribution in [1.29, 1.82) is 0 Å². The minimum Gasteiger partial charge on any atom is -0.468 e. The SMILES string of the molecule is COC(=O)CNc1ccc(Cn2cc(-c3ccc(Cl)cc3Cl)nc2/C=C/c2ccc(-c3cccc(NC(=O)OC(C)C)c3)cc2)cc1. The highest BCUT2D eigenvalue weighted by molar-refractivity contribution is 6.36. The van der Waals surface area contributed by atoms with Crippen molar-refractivity contribution in [2.45, 2.75) is 26.5 Å². The minimum atomic E-state index is -0.484. The van der Waals surface area contributed by atoms with Gasteiger partial charge in [0, 0.05) is 34.7 Å². The second-order valence-corrected chi connectivity index (χ2v) is 11.8. The van der Waals surface area contributed by atoms with Crippen LogP contribution in [0.15, 0.2) is 97.2 Å². The summed E-state index contributed by atoms with van der Waals surface area (Å²) in [7, 11) is 1.36. The third-order valence-electron chi connectivity index (χ3n) is 7.11. The smallest absolute Gasteiger partial charge is 0.411 e. The van der Waals surface area contributed by atoms with Crippen LogP contribution in [-0.4, -0.2) is 41.4 Å². The van der Waals surface area contributed by atoms with Crippen LogP contribution in [0.5, 0.6) is 0 Å². The molecule has 1 amide bonds. The summed E-state index contributed by atoms with van der Waals surface area (Å²) >= 11 is 12.7. The molecule has 0 aliphatic carbocycles. The number of carbonyl (C=O) groups is 2. The first kappa shape index (κ1) is 33.3. The van der Waals surface area contributed by atoms with Crippen molar-refractivity contribution in [2.75, 3.05) is 24.3 Å². The Kier molecular flexibility index (Phi) is 11.0. The lowest BCUT2D eigenvalue weighted by Crippen LogP contribution is -2.17. The molecule has 0 bridgehead atoms. The van der Waals surface area contributed by atoms with Crippen LogP contribution in [0.25, 0.3) is 34.5 Å². The highest BCUT2D eigenvalue weighted by Crippen LogP contribution is 2.31. The number of nitrogens with zero attached hydrogens (tertiary/aromatic N) is 2. The van der Waals surface area contributed by atoms with Crippen molar-refractivity contribution in [3.63, 3.8) is 0 Å². The second-order valence-electron chi connectivity index (χ2n) is 11.0. The van der Waals surface area contributed by atoms with Crippen molar-refractivity contribution >= 4 is 58.8 Å². The summed E-state index contributed by atoms with van der Waals surface area (Å²) in [6.45, 7) is 4.27. The summed E-state index contributed by atoms with van der Waals surface area (Å²) in [6.07, 6.45) is 5.27. The largest absolute Gasteiger partial charge is 0.468 e. The van der Waals surface area contributed by atoms with Gasteiger partial charge < -0.3 is 19.4 Å². The van der Waals surface area contributed by atoms with Crippen LogP contribution in [0.3, 0.4) is 0 Å². The van der Waals surface area contributed by atoms with Gasteiger partial charge in [0.05, 0.1) is 23.9 Å². The molecule has 0 aliphatic rings. The number of nitrogens with one attached hydrogen (secondary N) is 2.